The van der Waals surface area contributed by atoms with E-state index >= 15 is 0 Å². The van der Waals surface area contributed by atoms with Crippen molar-refractivity contribution in [3.8, 4) is 0 Å². The highest BCUT2D eigenvalue weighted by atomic mass is 16.5. The number of rotatable bonds is 3. The zero-order valence-electron chi connectivity index (χ0n) is 14.9. The van der Waals surface area contributed by atoms with Crippen molar-refractivity contribution < 1.29 is 14.3 Å². The lowest BCUT2D eigenvalue weighted by Crippen LogP contribution is -2.43. The fraction of sp³-hybridized carbons (Fsp3) is 0.381. The molecule has 130 valence electrons. The molecule has 1 aromatic carbocycles. The van der Waals surface area contributed by atoms with Crippen molar-refractivity contribution in [1.82, 2.24) is 0 Å². The van der Waals surface area contributed by atoms with Gasteiger partial charge in [0.2, 0.25) is 0 Å². The summed E-state index contributed by atoms with van der Waals surface area (Å²) in [6.45, 7) is 6.58. The van der Waals surface area contributed by atoms with Gasteiger partial charge in [-0.25, -0.2) is 9.59 Å². The zero-order chi connectivity index (χ0) is 18.0. The molecule has 0 saturated heterocycles. The maximum atomic E-state index is 12.0. The first kappa shape index (κ1) is 17.2. The minimum absolute atomic E-state index is 0.0503. The largest absolute Gasteiger partial charge is 0.462 e. The second kappa shape index (κ2) is 6.73. The van der Waals surface area contributed by atoms with E-state index in [-0.39, 0.29) is 17.4 Å². The van der Waals surface area contributed by atoms with Crippen LogP contribution in [0.4, 0.5) is 5.69 Å². The van der Waals surface area contributed by atoms with Crippen LogP contribution >= 0.6 is 0 Å². The predicted octanol–water partition coefficient (Wildman–Crippen LogP) is 3.87. The van der Waals surface area contributed by atoms with Crippen LogP contribution in [0, 0.1) is 5.41 Å². The number of benzene rings is 1. The SMILES string of the molecule is CCOC(=O)c1ccc2c(c1)CC(C)(C)C(C1=CC=CC(=C=O)C1)N2. The molecule has 1 aliphatic carbocycles. The molecule has 1 N–H and O–H groups in total. The van der Waals surface area contributed by atoms with Crippen molar-refractivity contribution in [3.05, 3.63) is 58.7 Å². The lowest BCUT2D eigenvalue weighted by atomic mass is 9.71. The molecule has 1 heterocycles. The molecule has 0 amide bonds. The van der Waals surface area contributed by atoms with Gasteiger partial charge >= 0.3 is 5.97 Å². The van der Waals surface area contributed by atoms with Crippen molar-refractivity contribution >= 4 is 17.6 Å². The summed E-state index contributed by atoms with van der Waals surface area (Å²) in [6, 6.07) is 5.79. The topological polar surface area (TPSA) is 55.4 Å². The average Bonchev–Trinajstić information content (AvgIpc) is 2.60. The fourth-order valence-electron chi connectivity index (χ4n) is 3.65. The number of allylic oxidation sites excluding steroid dienone is 4. The van der Waals surface area contributed by atoms with Crippen LogP contribution in [0.1, 0.15) is 43.1 Å². The maximum absolute atomic E-state index is 12.0. The first-order valence-corrected chi connectivity index (χ1v) is 8.62. The van der Waals surface area contributed by atoms with Gasteiger partial charge in [-0.15, -0.1) is 0 Å². The van der Waals surface area contributed by atoms with E-state index in [1.807, 2.05) is 30.2 Å². The van der Waals surface area contributed by atoms with Crippen molar-refractivity contribution in [2.75, 3.05) is 11.9 Å². The van der Waals surface area contributed by atoms with Gasteiger partial charge in [0.25, 0.3) is 0 Å². The molecule has 0 radical (unpaired) electrons. The molecule has 25 heavy (non-hydrogen) atoms. The third-order valence-electron chi connectivity index (χ3n) is 4.85. The molecule has 3 rings (SSSR count). The van der Waals surface area contributed by atoms with Crippen molar-refractivity contribution in [2.45, 2.75) is 39.7 Å². The number of nitrogens with one attached hydrogen (secondary N) is 1. The molecule has 1 atom stereocenters. The average molecular weight is 337 g/mol. The van der Waals surface area contributed by atoms with Crippen LogP contribution in [0.25, 0.3) is 0 Å². The Morgan fingerprint density at radius 3 is 2.92 bits per heavy atom. The number of hydrogen-bond acceptors (Lipinski definition) is 4. The summed E-state index contributed by atoms with van der Waals surface area (Å²) in [7, 11) is 0. The van der Waals surface area contributed by atoms with E-state index in [1.54, 1.807) is 13.0 Å². The van der Waals surface area contributed by atoms with Crippen molar-refractivity contribution in [1.29, 1.82) is 0 Å². The number of carbonyl (C=O) groups is 1. The molecule has 0 spiro atoms. The van der Waals surface area contributed by atoms with Crippen LogP contribution < -0.4 is 5.32 Å². The van der Waals surface area contributed by atoms with Gasteiger partial charge < -0.3 is 10.1 Å². The first-order chi connectivity index (χ1) is 11.9. The summed E-state index contributed by atoms with van der Waals surface area (Å²) in [4.78, 5) is 23.0. The van der Waals surface area contributed by atoms with Gasteiger partial charge in [0.05, 0.1) is 18.2 Å². The van der Waals surface area contributed by atoms with Crippen LogP contribution in [-0.4, -0.2) is 24.6 Å². The molecule has 0 aromatic heterocycles. The molecule has 0 saturated carbocycles. The third-order valence-corrected chi connectivity index (χ3v) is 4.85. The number of anilines is 1. The molecule has 0 bridgehead atoms. The summed E-state index contributed by atoms with van der Waals surface area (Å²) in [5, 5.41) is 3.60. The van der Waals surface area contributed by atoms with E-state index < -0.39 is 0 Å². The molecular formula is C21H23NO3. The summed E-state index contributed by atoms with van der Waals surface area (Å²) < 4.78 is 5.10. The molecular weight excluding hydrogens is 314 g/mol. The molecule has 2 aliphatic rings. The van der Waals surface area contributed by atoms with Crippen LogP contribution in [0.15, 0.2) is 47.6 Å². The van der Waals surface area contributed by atoms with Gasteiger partial charge in [0, 0.05) is 17.7 Å². The fourth-order valence-corrected chi connectivity index (χ4v) is 3.65. The van der Waals surface area contributed by atoms with Crippen LogP contribution in [0.3, 0.4) is 0 Å². The Morgan fingerprint density at radius 1 is 1.40 bits per heavy atom. The summed E-state index contributed by atoms with van der Waals surface area (Å²) in [5.41, 5.74) is 4.55. The Balaban J connectivity index is 1.90. The van der Waals surface area contributed by atoms with Gasteiger partial charge in [-0.3, -0.25) is 0 Å². The van der Waals surface area contributed by atoms with Gasteiger partial charge in [-0.1, -0.05) is 26.0 Å². The highest BCUT2D eigenvalue weighted by Crippen LogP contribution is 2.41. The van der Waals surface area contributed by atoms with E-state index in [4.69, 9.17) is 4.74 Å². The van der Waals surface area contributed by atoms with Gasteiger partial charge in [-0.05, 0) is 54.2 Å². The monoisotopic (exact) mass is 337 g/mol. The van der Waals surface area contributed by atoms with E-state index in [0.717, 1.165) is 17.7 Å². The number of hydrogen-bond donors (Lipinski definition) is 1. The molecule has 1 aliphatic heterocycles. The van der Waals surface area contributed by atoms with Crippen LogP contribution in [0.5, 0.6) is 0 Å². The van der Waals surface area contributed by atoms with E-state index in [0.29, 0.717) is 24.2 Å². The second-order valence-corrected chi connectivity index (χ2v) is 7.24. The maximum Gasteiger partial charge on any atom is 0.338 e. The molecule has 4 nitrogen and oxygen atoms in total. The quantitative estimate of drug-likeness (QED) is 0.672. The highest BCUT2D eigenvalue weighted by molar-refractivity contribution is 5.90. The third kappa shape index (κ3) is 3.45. The van der Waals surface area contributed by atoms with Gasteiger partial charge in [0.1, 0.15) is 5.94 Å². The standard InChI is InChI=1S/C21H23NO3/c1-4-25-20(24)16-8-9-18-17(11-16)12-21(2,3)19(22-18)15-7-5-6-14(10-15)13-23/h5-9,11,19,22H,4,10,12H2,1-3H3. The number of fused-ring (bicyclic) bond motifs is 1. The second-order valence-electron chi connectivity index (χ2n) is 7.24. The summed E-state index contributed by atoms with van der Waals surface area (Å²) in [6.07, 6.45) is 7.27. The predicted molar refractivity (Wildman–Crippen MR) is 98.3 cm³/mol. The van der Waals surface area contributed by atoms with E-state index in [1.165, 1.54) is 5.57 Å². The van der Waals surface area contributed by atoms with Gasteiger partial charge in [-0.2, -0.15) is 0 Å². The highest BCUT2D eigenvalue weighted by Gasteiger charge is 2.37. The molecule has 4 heteroatoms. The Morgan fingerprint density at radius 2 is 2.20 bits per heavy atom. The summed E-state index contributed by atoms with van der Waals surface area (Å²) >= 11 is 0. The Kier molecular flexibility index (Phi) is 4.65. The first-order valence-electron chi connectivity index (χ1n) is 8.62. The Labute approximate surface area is 148 Å². The van der Waals surface area contributed by atoms with Crippen LogP contribution in [-0.2, 0) is 16.0 Å². The van der Waals surface area contributed by atoms with Crippen molar-refractivity contribution in [3.63, 3.8) is 0 Å². The Bertz CT molecular complexity index is 810. The van der Waals surface area contributed by atoms with E-state index in [9.17, 15) is 9.59 Å². The van der Waals surface area contributed by atoms with Crippen molar-refractivity contribution in [2.24, 2.45) is 5.41 Å². The number of carbonyl (C=O) groups excluding carboxylic acids is 2. The lowest BCUT2D eigenvalue weighted by Gasteiger charge is -2.42. The molecule has 0 fully saturated rings. The normalized spacial score (nSPS) is 20.8. The minimum Gasteiger partial charge on any atom is -0.462 e. The smallest absolute Gasteiger partial charge is 0.338 e. The lowest BCUT2D eigenvalue weighted by molar-refractivity contribution is 0.0526. The van der Waals surface area contributed by atoms with Gasteiger partial charge in [0.15, 0.2) is 0 Å². The minimum atomic E-state index is -0.286. The molecule has 1 aromatic rings. The molecule has 1 unspecified atom stereocenters. The number of ether oxygens (including phenoxy) is 1. The Hall–Kier alpha value is -2.58. The van der Waals surface area contributed by atoms with Crippen LogP contribution in [0.2, 0.25) is 0 Å². The zero-order valence-corrected chi connectivity index (χ0v) is 14.9. The number of esters is 1. The van der Waals surface area contributed by atoms with E-state index in [2.05, 4.69) is 25.2 Å². The summed E-state index contributed by atoms with van der Waals surface area (Å²) in [5.74, 6) is 1.73.